The van der Waals surface area contributed by atoms with E-state index in [0.29, 0.717) is 17.5 Å². The monoisotopic (exact) mass is 609 g/mol. The average Bonchev–Trinajstić information content (AvgIpc) is 3.81. The number of nitrogens with zero attached hydrogens (tertiary/aromatic N) is 5. The van der Waals surface area contributed by atoms with Crippen molar-refractivity contribution in [2.45, 2.75) is 88.4 Å². The summed E-state index contributed by atoms with van der Waals surface area (Å²) in [5.74, 6) is 2.30. The Labute approximate surface area is 256 Å². The molecule has 43 heavy (non-hydrogen) atoms. The summed E-state index contributed by atoms with van der Waals surface area (Å²) < 4.78 is 29.8. The number of benzene rings is 1. The summed E-state index contributed by atoms with van der Waals surface area (Å²) in [6.07, 6.45) is 6.62. The van der Waals surface area contributed by atoms with Crippen LogP contribution in [0, 0.1) is 5.92 Å². The lowest BCUT2D eigenvalue weighted by Gasteiger charge is -2.42. The van der Waals surface area contributed by atoms with Crippen LogP contribution in [0.1, 0.15) is 59.3 Å². The summed E-state index contributed by atoms with van der Waals surface area (Å²) in [5.41, 5.74) is 1.40. The van der Waals surface area contributed by atoms with Gasteiger partial charge in [-0.25, -0.2) is 18.1 Å². The Morgan fingerprint density at radius 2 is 1.70 bits per heavy atom. The summed E-state index contributed by atoms with van der Waals surface area (Å²) in [6.45, 7) is 11.9. The lowest BCUT2D eigenvalue weighted by atomic mass is 9.90. The van der Waals surface area contributed by atoms with E-state index in [9.17, 15) is 13.2 Å². The summed E-state index contributed by atoms with van der Waals surface area (Å²) >= 11 is 0. The van der Waals surface area contributed by atoms with Gasteiger partial charge >= 0.3 is 0 Å². The molecule has 11 heteroatoms. The second-order valence-electron chi connectivity index (χ2n) is 13.2. The van der Waals surface area contributed by atoms with Crippen LogP contribution in [-0.2, 0) is 14.8 Å². The van der Waals surface area contributed by atoms with Crippen LogP contribution in [0.3, 0.4) is 0 Å². The van der Waals surface area contributed by atoms with Crippen molar-refractivity contribution in [3.05, 3.63) is 36.4 Å². The lowest BCUT2D eigenvalue weighted by molar-refractivity contribution is -0.119. The number of anilines is 4. The van der Waals surface area contributed by atoms with E-state index >= 15 is 0 Å². The van der Waals surface area contributed by atoms with Crippen LogP contribution in [0.5, 0.6) is 0 Å². The number of pyridine rings is 1. The number of likely N-dealkylation sites (N-methyl/N-ethyl adjacent to an activating group) is 1. The van der Waals surface area contributed by atoms with E-state index in [1.165, 1.54) is 32.5 Å². The summed E-state index contributed by atoms with van der Waals surface area (Å²) in [4.78, 5) is 26.8. The van der Waals surface area contributed by atoms with E-state index in [4.69, 9.17) is 4.98 Å². The molecule has 1 atom stereocenters. The molecule has 0 unspecified atom stereocenters. The number of carbonyl (C=O) groups is 1. The number of aromatic nitrogens is 1. The van der Waals surface area contributed by atoms with Gasteiger partial charge in [0.15, 0.2) is 5.82 Å². The second kappa shape index (κ2) is 12.3. The Hall–Kier alpha value is -2.73. The molecule has 2 aromatic rings. The fourth-order valence-corrected chi connectivity index (χ4v) is 8.42. The Morgan fingerprint density at radius 1 is 0.977 bits per heavy atom. The van der Waals surface area contributed by atoms with E-state index < -0.39 is 10.0 Å². The van der Waals surface area contributed by atoms with Gasteiger partial charge in [0.2, 0.25) is 15.9 Å². The zero-order chi connectivity index (χ0) is 30.3. The van der Waals surface area contributed by atoms with Crippen LogP contribution < -0.4 is 19.8 Å². The predicted octanol–water partition coefficient (Wildman–Crippen LogP) is 4.02. The molecule has 1 amide bonds. The summed E-state index contributed by atoms with van der Waals surface area (Å²) in [6, 6.07) is 10.9. The smallest absolute Gasteiger partial charge is 0.249 e. The van der Waals surface area contributed by atoms with Gasteiger partial charge in [-0.2, -0.15) is 0 Å². The molecular weight excluding hydrogens is 562 g/mol. The Kier molecular flexibility index (Phi) is 8.70. The number of rotatable bonds is 9. The van der Waals surface area contributed by atoms with E-state index in [2.05, 4.69) is 19.8 Å². The van der Waals surface area contributed by atoms with Crippen molar-refractivity contribution in [2.75, 3.05) is 54.9 Å². The minimum Gasteiger partial charge on any atom is -0.341 e. The zero-order valence-corrected chi connectivity index (χ0v) is 26.8. The number of carbonyl (C=O) groups excluding carboxylic acids is 1. The first-order chi connectivity index (χ1) is 20.6. The first-order valence-electron chi connectivity index (χ1n) is 16.0. The number of nitrogens with one attached hydrogen (secondary N) is 2. The molecule has 6 rings (SSSR count). The average molecular weight is 610 g/mol. The molecular formula is C32H47N7O3S. The summed E-state index contributed by atoms with van der Waals surface area (Å²) in [7, 11) is -1.90. The molecule has 4 aliphatic rings. The third-order valence-corrected chi connectivity index (χ3v) is 11.2. The third-order valence-electron chi connectivity index (χ3n) is 9.69. The minimum atomic E-state index is -3.67. The molecule has 2 aliphatic carbocycles. The molecule has 2 N–H and O–H groups in total. The van der Waals surface area contributed by atoms with Crippen LogP contribution in [0.25, 0.3) is 0 Å². The van der Waals surface area contributed by atoms with E-state index in [0.717, 1.165) is 56.2 Å². The maximum Gasteiger partial charge on any atom is 0.249 e. The third kappa shape index (κ3) is 6.69. The fraction of sp³-hybridized carbons (Fsp3) is 0.625. The van der Waals surface area contributed by atoms with Gasteiger partial charge in [0, 0.05) is 63.6 Å². The van der Waals surface area contributed by atoms with E-state index in [1.807, 2.05) is 43.9 Å². The van der Waals surface area contributed by atoms with Crippen LogP contribution in [0.4, 0.5) is 23.0 Å². The van der Waals surface area contributed by atoms with Gasteiger partial charge in [-0.1, -0.05) is 6.07 Å². The molecule has 1 saturated heterocycles. The SMILES string of the molecule is CC(C)N1c2nc(Nc3cccc(S(=O)(=O)N[C@H]4CC[C@H](N5CCN(CC6CC6)CC5)CC4)c3)ccc2N(C)C(=O)[C@H]1C. The highest BCUT2D eigenvalue weighted by Gasteiger charge is 2.36. The van der Waals surface area contributed by atoms with Crippen molar-refractivity contribution in [3.63, 3.8) is 0 Å². The largest absolute Gasteiger partial charge is 0.341 e. The van der Waals surface area contributed by atoms with Crippen molar-refractivity contribution in [2.24, 2.45) is 5.92 Å². The van der Waals surface area contributed by atoms with Crippen molar-refractivity contribution in [1.82, 2.24) is 19.5 Å². The van der Waals surface area contributed by atoms with Gasteiger partial charge in [-0.15, -0.1) is 0 Å². The zero-order valence-electron chi connectivity index (χ0n) is 26.0. The fourth-order valence-electron chi connectivity index (χ4n) is 7.07. The molecule has 10 nitrogen and oxygen atoms in total. The Bertz CT molecular complexity index is 1410. The maximum absolute atomic E-state index is 13.4. The number of sulfonamides is 1. The second-order valence-corrected chi connectivity index (χ2v) is 14.9. The van der Waals surface area contributed by atoms with Crippen LogP contribution in [0.15, 0.2) is 41.3 Å². The highest BCUT2D eigenvalue weighted by atomic mass is 32.2. The number of piperazine rings is 1. The van der Waals surface area contributed by atoms with E-state index in [-0.39, 0.29) is 28.9 Å². The first kappa shape index (κ1) is 30.3. The van der Waals surface area contributed by atoms with Gasteiger partial charge in [0.25, 0.3) is 0 Å². The molecule has 2 saturated carbocycles. The normalized spacial score (nSPS) is 25.7. The number of hydrogen-bond acceptors (Lipinski definition) is 8. The van der Waals surface area contributed by atoms with Crippen molar-refractivity contribution in [3.8, 4) is 0 Å². The van der Waals surface area contributed by atoms with Gasteiger partial charge in [-0.3, -0.25) is 9.69 Å². The van der Waals surface area contributed by atoms with E-state index in [1.54, 1.807) is 30.1 Å². The minimum absolute atomic E-state index is 0.0320. The van der Waals surface area contributed by atoms with Crippen LogP contribution in [0.2, 0.25) is 0 Å². The molecule has 234 valence electrons. The summed E-state index contributed by atoms with van der Waals surface area (Å²) in [5, 5.41) is 3.29. The molecule has 0 bridgehead atoms. The van der Waals surface area contributed by atoms with Gasteiger partial charge < -0.3 is 20.0 Å². The Balaban J connectivity index is 1.06. The van der Waals surface area contributed by atoms with Crippen molar-refractivity contribution >= 4 is 38.9 Å². The molecule has 1 aromatic heterocycles. The van der Waals surface area contributed by atoms with Crippen LogP contribution in [-0.4, -0.2) is 93.0 Å². The van der Waals surface area contributed by atoms with Crippen molar-refractivity contribution < 1.29 is 13.2 Å². The number of fused-ring (bicyclic) bond motifs is 1. The van der Waals surface area contributed by atoms with Crippen LogP contribution >= 0.6 is 0 Å². The topological polar surface area (TPSA) is 101 Å². The molecule has 1 aromatic carbocycles. The molecule has 3 fully saturated rings. The molecule has 0 radical (unpaired) electrons. The highest BCUT2D eigenvalue weighted by Crippen LogP contribution is 2.37. The molecule has 0 spiro atoms. The highest BCUT2D eigenvalue weighted by molar-refractivity contribution is 7.89. The quantitative estimate of drug-likeness (QED) is 0.440. The van der Waals surface area contributed by atoms with Gasteiger partial charge in [0.1, 0.15) is 11.9 Å². The molecule has 3 heterocycles. The molecule has 2 aliphatic heterocycles. The first-order valence-corrected chi connectivity index (χ1v) is 17.5. The lowest BCUT2D eigenvalue weighted by Crippen LogP contribution is -2.53. The van der Waals surface area contributed by atoms with Crippen molar-refractivity contribution in [1.29, 1.82) is 0 Å². The maximum atomic E-state index is 13.4. The number of hydrogen-bond donors (Lipinski definition) is 2. The predicted molar refractivity (Wildman–Crippen MR) is 172 cm³/mol. The standard InChI is InChI=1S/C32H47N7O3S/c1-22(2)39-23(3)32(40)36(4)29-14-15-30(34-31(29)39)33-26-6-5-7-28(20-26)43(41,42)35-25-10-12-27(13-11-25)38-18-16-37(17-19-38)21-24-8-9-24/h5-7,14-15,20,22-25,27,35H,8-13,16-19,21H2,1-4H3,(H,33,34)/t23-,25-,27-/m1/s1. The number of amides is 1. The Morgan fingerprint density at radius 3 is 2.37 bits per heavy atom. The van der Waals surface area contributed by atoms with Gasteiger partial charge in [-0.05, 0) is 95.5 Å². The van der Waals surface area contributed by atoms with Gasteiger partial charge in [0.05, 0.1) is 10.6 Å².